The summed E-state index contributed by atoms with van der Waals surface area (Å²) < 4.78 is 5.53. The Balaban J connectivity index is 0.00000288. The first kappa shape index (κ1) is 20.3. The van der Waals surface area contributed by atoms with Crippen molar-refractivity contribution in [3.05, 3.63) is 29.8 Å². The Bertz CT molecular complexity index is 607. The van der Waals surface area contributed by atoms with E-state index in [2.05, 4.69) is 26.9 Å². The number of anilines is 1. The largest absolute Gasteiger partial charge is 0.376 e. The molecule has 1 fully saturated rings. The van der Waals surface area contributed by atoms with E-state index in [1.54, 1.807) is 25.2 Å². The second-order valence-corrected chi connectivity index (χ2v) is 5.22. The van der Waals surface area contributed by atoms with Crippen LogP contribution in [0.5, 0.6) is 0 Å². The van der Waals surface area contributed by atoms with Crippen LogP contribution in [0.25, 0.3) is 0 Å². The maximum atomic E-state index is 12.0. The van der Waals surface area contributed by atoms with Crippen LogP contribution in [0.4, 0.5) is 5.69 Å². The first-order chi connectivity index (χ1) is 11.2. The summed E-state index contributed by atoms with van der Waals surface area (Å²) in [5.41, 5.74) is 1.40. The van der Waals surface area contributed by atoms with Crippen LogP contribution in [-0.2, 0) is 9.53 Å². The number of halogens is 1. The van der Waals surface area contributed by atoms with Crippen molar-refractivity contribution in [3.8, 4) is 12.3 Å². The highest BCUT2D eigenvalue weighted by molar-refractivity contribution is 14.0. The summed E-state index contributed by atoms with van der Waals surface area (Å²) in [4.78, 5) is 16.0. The van der Waals surface area contributed by atoms with Crippen LogP contribution in [-0.4, -0.2) is 44.7 Å². The SMILES string of the molecule is C#Cc1cccc(NC(=O)CNC(=NC)NCC2CCCO2)c1.I. The summed E-state index contributed by atoms with van der Waals surface area (Å²) in [6, 6.07) is 7.16. The van der Waals surface area contributed by atoms with E-state index >= 15 is 0 Å². The fraction of sp³-hybridized carbons (Fsp3) is 0.412. The molecule has 0 radical (unpaired) electrons. The number of guanidine groups is 1. The van der Waals surface area contributed by atoms with Crippen molar-refractivity contribution in [1.29, 1.82) is 0 Å². The van der Waals surface area contributed by atoms with Gasteiger partial charge < -0.3 is 20.7 Å². The molecule has 1 aromatic rings. The molecule has 1 heterocycles. The Kier molecular flexibility index (Phi) is 9.19. The molecule has 0 aromatic heterocycles. The van der Waals surface area contributed by atoms with Crippen LogP contribution >= 0.6 is 24.0 Å². The van der Waals surface area contributed by atoms with Crippen molar-refractivity contribution in [2.24, 2.45) is 4.99 Å². The molecule has 6 nitrogen and oxygen atoms in total. The summed E-state index contributed by atoms with van der Waals surface area (Å²) in [6.07, 6.45) is 7.70. The minimum absolute atomic E-state index is 0. The molecule has 24 heavy (non-hydrogen) atoms. The Morgan fingerprint density at radius 2 is 2.29 bits per heavy atom. The van der Waals surface area contributed by atoms with Gasteiger partial charge in [-0.05, 0) is 31.0 Å². The van der Waals surface area contributed by atoms with E-state index in [1.807, 2.05) is 6.07 Å². The van der Waals surface area contributed by atoms with Gasteiger partial charge in [0, 0.05) is 31.5 Å². The van der Waals surface area contributed by atoms with Gasteiger partial charge in [-0.15, -0.1) is 30.4 Å². The maximum Gasteiger partial charge on any atom is 0.243 e. The molecule has 2 rings (SSSR count). The van der Waals surface area contributed by atoms with Gasteiger partial charge in [0.05, 0.1) is 12.6 Å². The van der Waals surface area contributed by atoms with E-state index < -0.39 is 0 Å². The van der Waals surface area contributed by atoms with Crippen molar-refractivity contribution in [3.63, 3.8) is 0 Å². The normalized spacial score (nSPS) is 16.7. The average Bonchev–Trinajstić information content (AvgIpc) is 3.08. The molecule has 0 saturated carbocycles. The summed E-state index contributed by atoms with van der Waals surface area (Å²) >= 11 is 0. The second-order valence-electron chi connectivity index (χ2n) is 5.22. The van der Waals surface area contributed by atoms with Crippen LogP contribution in [0.3, 0.4) is 0 Å². The van der Waals surface area contributed by atoms with Crippen LogP contribution < -0.4 is 16.0 Å². The van der Waals surface area contributed by atoms with Gasteiger partial charge >= 0.3 is 0 Å². The topological polar surface area (TPSA) is 74.8 Å². The minimum atomic E-state index is -0.167. The minimum Gasteiger partial charge on any atom is -0.376 e. The molecule has 0 spiro atoms. The molecule has 1 unspecified atom stereocenters. The van der Waals surface area contributed by atoms with E-state index in [4.69, 9.17) is 11.2 Å². The van der Waals surface area contributed by atoms with E-state index in [0.717, 1.165) is 25.0 Å². The average molecular weight is 442 g/mol. The summed E-state index contributed by atoms with van der Waals surface area (Å²) in [5.74, 6) is 2.94. The van der Waals surface area contributed by atoms with E-state index in [1.165, 1.54) is 0 Å². The fourth-order valence-electron chi connectivity index (χ4n) is 2.29. The zero-order valence-electron chi connectivity index (χ0n) is 13.7. The van der Waals surface area contributed by atoms with Gasteiger partial charge in [0.25, 0.3) is 0 Å². The predicted octanol–water partition coefficient (Wildman–Crippen LogP) is 1.57. The smallest absolute Gasteiger partial charge is 0.243 e. The summed E-state index contributed by atoms with van der Waals surface area (Å²) in [6.45, 7) is 1.62. The first-order valence-corrected chi connectivity index (χ1v) is 7.64. The molecular weight excluding hydrogens is 419 g/mol. The molecule has 1 atom stereocenters. The lowest BCUT2D eigenvalue weighted by molar-refractivity contribution is -0.115. The van der Waals surface area contributed by atoms with Crippen LogP contribution in [0.1, 0.15) is 18.4 Å². The fourth-order valence-corrected chi connectivity index (χ4v) is 2.29. The third kappa shape index (κ3) is 6.76. The lowest BCUT2D eigenvalue weighted by atomic mass is 10.2. The van der Waals surface area contributed by atoms with Gasteiger partial charge in [-0.3, -0.25) is 9.79 Å². The number of ether oxygens (including phenoxy) is 1. The Labute approximate surface area is 159 Å². The molecular formula is C17H23IN4O2. The molecule has 1 amide bonds. The number of amides is 1. The van der Waals surface area contributed by atoms with Gasteiger partial charge in [-0.2, -0.15) is 0 Å². The maximum absolute atomic E-state index is 12.0. The van der Waals surface area contributed by atoms with Gasteiger partial charge in [0.15, 0.2) is 5.96 Å². The first-order valence-electron chi connectivity index (χ1n) is 7.64. The Morgan fingerprint density at radius 1 is 1.46 bits per heavy atom. The zero-order chi connectivity index (χ0) is 16.5. The molecule has 0 aliphatic carbocycles. The van der Waals surface area contributed by atoms with E-state index in [-0.39, 0.29) is 42.5 Å². The van der Waals surface area contributed by atoms with Gasteiger partial charge in [-0.25, -0.2) is 0 Å². The second kappa shape index (κ2) is 10.9. The van der Waals surface area contributed by atoms with Crippen molar-refractivity contribution in [2.45, 2.75) is 18.9 Å². The standard InChI is InChI=1S/C17H22N4O2.HI/c1-3-13-6-4-7-14(10-13)21-16(22)12-20-17(18-2)19-11-15-8-5-9-23-15;/h1,4,6-7,10,15H,5,8-9,11-12H2,2H3,(H,21,22)(H2,18,19,20);1H. The van der Waals surface area contributed by atoms with Gasteiger partial charge in [0.1, 0.15) is 0 Å². The van der Waals surface area contributed by atoms with Crippen molar-refractivity contribution >= 4 is 41.5 Å². The number of aliphatic imine (C=N–C) groups is 1. The lowest BCUT2D eigenvalue weighted by Gasteiger charge is -2.15. The molecule has 1 aliphatic heterocycles. The highest BCUT2D eigenvalue weighted by Crippen LogP contribution is 2.10. The highest BCUT2D eigenvalue weighted by atomic mass is 127. The van der Waals surface area contributed by atoms with Gasteiger partial charge in [0.2, 0.25) is 5.91 Å². The summed E-state index contributed by atoms with van der Waals surface area (Å²) in [7, 11) is 1.67. The molecule has 7 heteroatoms. The number of carbonyl (C=O) groups is 1. The molecule has 130 valence electrons. The van der Waals surface area contributed by atoms with Crippen molar-refractivity contribution in [2.75, 3.05) is 32.1 Å². The number of nitrogens with one attached hydrogen (secondary N) is 3. The number of carbonyl (C=O) groups excluding carboxylic acids is 1. The third-order valence-electron chi connectivity index (χ3n) is 3.47. The quantitative estimate of drug-likeness (QED) is 0.280. The third-order valence-corrected chi connectivity index (χ3v) is 3.47. The number of hydrogen-bond donors (Lipinski definition) is 3. The number of terminal acetylenes is 1. The predicted molar refractivity (Wildman–Crippen MR) is 107 cm³/mol. The number of nitrogens with zero attached hydrogens (tertiary/aromatic N) is 1. The molecule has 0 bridgehead atoms. The van der Waals surface area contributed by atoms with Crippen LogP contribution in [0.2, 0.25) is 0 Å². The molecule has 1 aromatic carbocycles. The Hall–Kier alpha value is -1.79. The van der Waals surface area contributed by atoms with Crippen molar-refractivity contribution < 1.29 is 9.53 Å². The molecule has 1 saturated heterocycles. The summed E-state index contributed by atoms with van der Waals surface area (Å²) in [5, 5.41) is 8.92. The number of benzene rings is 1. The number of hydrogen-bond acceptors (Lipinski definition) is 3. The monoisotopic (exact) mass is 442 g/mol. The van der Waals surface area contributed by atoms with Gasteiger partial charge in [-0.1, -0.05) is 12.0 Å². The van der Waals surface area contributed by atoms with Crippen LogP contribution in [0, 0.1) is 12.3 Å². The zero-order valence-corrected chi connectivity index (χ0v) is 16.0. The van der Waals surface area contributed by atoms with E-state index in [0.29, 0.717) is 18.2 Å². The van der Waals surface area contributed by atoms with Crippen LogP contribution in [0.15, 0.2) is 29.3 Å². The van der Waals surface area contributed by atoms with Crippen molar-refractivity contribution in [1.82, 2.24) is 10.6 Å². The molecule has 3 N–H and O–H groups in total. The Morgan fingerprint density at radius 3 is 2.96 bits per heavy atom. The molecule has 1 aliphatic rings. The number of rotatable bonds is 5. The van der Waals surface area contributed by atoms with E-state index in [9.17, 15) is 4.79 Å². The lowest BCUT2D eigenvalue weighted by Crippen LogP contribution is -2.43. The highest BCUT2D eigenvalue weighted by Gasteiger charge is 2.15.